The molecule has 1 rings (SSSR count). The van der Waals surface area contributed by atoms with Crippen LogP contribution in [0, 0.1) is 23.2 Å². The van der Waals surface area contributed by atoms with E-state index in [4.69, 9.17) is 5.26 Å². The Morgan fingerprint density at radius 1 is 1.80 bits per heavy atom. The summed E-state index contributed by atoms with van der Waals surface area (Å²) in [6, 6.07) is 2.10. The minimum absolute atomic E-state index is 0.740. The summed E-state index contributed by atoms with van der Waals surface area (Å²) in [6.07, 6.45) is 4.05. The Labute approximate surface area is 62.4 Å². The third kappa shape index (κ3) is 1.39. The molecule has 2 unspecified atom stereocenters. The molecule has 54 valence electrons. The lowest BCUT2D eigenvalue weighted by Gasteiger charge is -1.97. The van der Waals surface area contributed by atoms with Crippen LogP contribution in [0.5, 0.6) is 0 Å². The van der Waals surface area contributed by atoms with Crippen molar-refractivity contribution in [1.29, 1.82) is 5.26 Å². The SMILES string of the molecule is CC/C(=C\C#N)C1CC1C. The molecule has 1 fully saturated rings. The Morgan fingerprint density at radius 2 is 2.40 bits per heavy atom. The van der Waals surface area contributed by atoms with Gasteiger partial charge in [-0.25, -0.2) is 0 Å². The molecule has 0 saturated heterocycles. The standard InChI is InChI=1S/C9H13N/c1-3-8(4-5-10)9-6-7(9)2/h4,7,9H,3,6H2,1-2H3/b8-4+. The van der Waals surface area contributed by atoms with Crippen molar-refractivity contribution in [2.75, 3.05) is 0 Å². The highest BCUT2D eigenvalue weighted by atomic mass is 14.4. The van der Waals surface area contributed by atoms with Gasteiger partial charge >= 0.3 is 0 Å². The minimum atomic E-state index is 0.740. The molecule has 0 heterocycles. The van der Waals surface area contributed by atoms with E-state index >= 15 is 0 Å². The second-order valence-corrected chi connectivity index (χ2v) is 3.02. The lowest BCUT2D eigenvalue weighted by Crippen LogP contribution is -1.84. The highest BCUT2D eigenvalue weighted by Gasteiger charge is 2.34. The Kier molecular flexibility index (Phi) is 2.11. The molecule has 2 atom stereocenters. The van der Waals surface area contributed by atoms with Crippen molar-refractivity contribution >= 4 is 0 Å². The maximum absolute atomic E-state index is 8.40. The molecule has 0 aromatic heterocycles. The summed E-state index contributed by atoms with van der Waals surface area (Å²) in [7, 11) is 0. The van der Waals surface area contributed by atoms with Crippen molar-refractivity contribution in [3.63, 3.8) is 0 Å². The Balaban J connectivity index is 2.52. The fraction of sp³-hybridized carbons (Fsp3) is 0.667. The molecule has 0 aromatic rings. The fourth-order valence-corrected chi connectivity index (χ4v) is 1.39. The largest absolute Gasteiger partial charge is 0.193 e. The third-order valence-electron chi connectivity index (χ3n) is 2.24. The van der Waals surface area contributed by atoms with Gasteiger partial charge in [-0.3, -0.25) is 0 Å². The van der Waals surface area contributed by atoms with Crippen LogP contribution >= 0.6 is 0 Å². The van der Waals surface area contributed by atoms with Gasteiger partial charge < -0.3 is 0 Å². The van der Waals surface area contributed by atoms with E-state index in [1.165, 1.54) is 12.0 Å². The summed E-state index contributed by atoms with van der Waals surface area (Å²) in [5, 5.41) is 8.40. The monoisotopic (exact) mass is 135 g/mol. The van der Waals surface area contributed by atoms with Crippen LogP contribution in [-0.4, -0.2) is 0 Å². The molecule has 1 nitrogen and oxygen atoms in total. The first-order valence-electron chi connectivity index (χ1n) is 3.88. The molecule has 1 heteroatoms. The first kappa shape index (κ1) is 7.34. The molecular formula is C9H13N. The molecule has 0 aliphatic heterocycles. The van der Waals surface area contributed by atoms with Crippen molar-refractivity contribution in [3.05, 3.63) is 11.6 Å². The van der Waals surface area contributed by atoms with Gasteiger partial charge in [0.15, 0.2) is 0 Å². The molecule has 0 amide bonds. The van der Waals surface area contributed by atoms with Gasteiger partial charge in [-0.2, -0.15) is 5.26 Å². The van der Waals surface area contributed by atoms with Crippen LogP contribution in [0.2, 0.25) is 0 Å². The van der Waals surface area contributed by atoms with E-state index in [-0.39, 0.29) is 0 Å². The molecular weight excluding hydrogens is 122 g/mol. The molecule has 0 N–H and O–H groups in total. The van der Waals surface area contributed by atoms with Crippen molar-refractivity contribution in [2.24, 2.45) is 11.8 Å². The van der Waals surface area contributed by atoms with Crippen LogP contribution in [0.3, 0.4) is 0 Å². The van der Waals surface area contributed by atoms with Crippen molar-refractivity contribution in [1.82, 2.24) is 0 Å². The smallest absolute Gasteiger partial charge is 0.0911 e. The number of hydrogen-bond donors (Lipinski definition) is 0. The molecule has 0 aromatic carbocycles. The first-order valence-corrected chi connectivity index (χ1v) is 3.88. The zero-order valence-electron chi connectivity index (χ0n) is 6.59. The van der Waals surface area contributed by atoms with Crippen LogP contribution in [0.15, 0.2) is 11.6 Å². The van der Waals surface area contributed by atoms with Gasteiger partial charge in [0.25, 0.3) is 0 Å². The first-order chi connectivity index (χ1) is 4.79. The van der Waals surface area contributed by atoms with Gasteiger partial charge in [-0.1, -0.05) is 19.4 Å². The van der Waals surface area contributed by atoms with Gasteiger partial charge in [-0.05, 0) is 24.7 Å². The lowest BCUT2D eigenvalue weighted by molar-refractivity contribution is 0.818. The van der Waals surface area contributed by atoms with Gasteiger partial charge in [0.05, 0.1) is 6.07 Å². The second kappa shape index (κ2) is 2.88. The van der Waals surface area contributed by atoms with E-state index in [0.29, 0.717) is 0 Å². The number of nitrogens with zero attached hydrogens (tertiary/aromatic N) is 1. The normalized spacial score (nSPS) is 31.5. The third-order valence-corrected chi connectivity index (χ3v) is 2.24. The highest BCUT2D eigenvalue weighted by molar-refractivity contribution is 5.21. The van der Waals surface area contributed by atoms with Crippen LogP contribution in [-0.2, 0) is 0 Å². The number of allylic oxidation sites excluding steroid dienone is 2. The predicted octanol–water partition coefficient (Wildman–Crippen LogP) is 2.50. The molecule has 10 heavy (non-hydrogen) atoms. The lowest BCUT2D eigenvalue weighted by atomic mass is 10.1. The Hall–Kier alpha value is -0.770. The van der Waals surface area contributed by atoms with Crippen molar-refractivity contribution in [2.45, 2.75) is 26.7 Å². The van der Waals surface area contributed by atoms with Gasteiger partial charge in [0.1, 0.15) is 0 Å². The minimum Gasteiger partial charge on any atom is -0.193 e. The van der Waals surface area contributed by atoms with Gasteiger partial charge in [-0.15, -0.1) is 0 Å². The van der Waals surface area contributed by atoms with Crippen molar-refractivity contribution < 1.29 is 0 Å². The molecule has 0 bridgehead atoms. The zero-order chi connectivity index (χ0) is 7.56. The predicted molar refractivity (Wildman–Crippen MR) is 41.3 cm³/mol. The van der Waals surface area contributed by atoms with E-state index in [2.05, 4.69) is 19.9 Å². The molecule has 0 spiro atoms. The molecule has 1 aliphatic carbocycles. The topological polar surface area (TPSA) is 23.8 Å². The van der Waals surface area contributed by atoms with E-state index < -0.39 is 0 Å². The highest BCUT2D eigenvalue weighted by Crippen LogP contribution is 2.44. The average molecular weight is 135 g/mol. The van der Waals surface area contributed by atoms with Crippen molar-refractivity contribution in [3.8, 4) is 6.07 Å². The van der Waals surface area contributed by atoms with E-state index in [0.717, 1.165) is 18.3 Å². The Bertz CT molecular complexity index is 185. The maximum atomic E-state index is 8.40. The average Bonchev–Trinajstić information content (AvgIpc) is 2.62. The fourth-order valence-electron chi connectivity index (χ4n) is 1.39. The summed E-state index contributed by atoms with van der Waals surface area (Å²) in [5.41, 5.74) is 1.34. The summed E-state index contributed by atoms with van der Waals surface area (Å²) in [6.45, 7) is 4.36. The number of nitriles is 1. The van der Waals surface area contributed by atoms with E-state index in [1.807, 2.05) is 0 Å². The second-order valence-electron chi connectivity index (χ2n) is 3.02. The summed E-state index contributed by atoms with van der Waals surface area (Å²) < 4.78 is 0. The zero-order valence-corrected chi connectivity index (χ0v) is 6.59. The molecule has 0 radical (unpaired) electrons. The number of hydrogen-bond acceptors (Lipinski definition) is 1. The Morgan fingerprint density at radius 3 is 2.70 bits per heavy atom. The molecule has 1 aliphatic rings. The van der Waals surface area contributed by atoms with Crippen LogP contribution in [0.25, 0.3) is 0 Å². The summed E-state index contributed by atoms with van der Waals surface area (Å²) in [4.78, 5) is 0. The van der Waals surface area contributed by atoms with Crippen LogP contribution in [0.4, 0.5) is 0 Å². The summed E-state index contributed by atoms with van der Waals surface area (Å²) in [5.74, 6) is 1.57. The van der Waals surface area contributed by atoms with Gasteiger partial charge in [0.2, 0.25) is 0 Å². The van der Waals surface area contributed by atoms with E-state index in [9.17, 15) is 0 Å². The number of rotatable bonds is 2. The van der Waals surface area contributed by atoms with E-state index in [1.54, 1.807) is 6.08 Å². The summed E-state index contributed by atoms with van der Waals surface area (Å²) >= 11 is 0. The van der Waals surface area contributed by atoms with Crippen LogP contribution < -0.4 is 0 Å². The maximum Gasteiger partial charge on any atom is 0.0911 e. The van der Waals surface area contributed by atoms with Crippen LogP contribution in [0.1, 0.15) is 26.7 Å². The molecule has 1 saturated carbocycles. The van der Waals surface area contributed by atoms with Gasteiger partial charge in [0, 0.05) is 6.08 Å². The quantitative estimate of drug-likeness (QED) is 0.534.